The first-order chi connectivity index (χ1) is 13.9. The number of amides is 2. The molecule has 1 unspecified atom stereocenters. The second-order valence-electron chi connectivity index (χ2n) is 6.46. The molecule has 0 radical (unpaired) electrons. The topological polar surface area (TPSA) is 106 Å². The quantitative estimate of drug-likeness (QED) is 0.497. The molecule has 29 heavy (non-hydrogen) atoms. The van der Waals surface area contributed by atoms with E-state index < -0.39 is 10.8 Å². The molecule has 1 atom stereocenters. The Morgan fingerprint density at radius 3 is 2.55 bits per heavy atom. The summed E-state index contributed by atoms with van der Waals surface area (Å²) in [5.74, 6) is -0.533. The number of rotatable bonds is 6. The smallest absolute Gasteiger partial charge is 0.291 e. The first-order valence-corrected chi connectivity index (χ1v) is 8.83. The van der Waals surface area contributed by atoms with Gasteiger partial charge in [0.1, 0.15) is 0 Å². The molecule has 0 aliphatic rings. The van der Waals surface area contributed by atoms with Crippen molar-refractivity contribution in [3.63, 3.8) is 0 Å². The highest BCUT2D eigenvalue weighted by molar-refractivity contribution is 6.03. The predicted octanol–water partition coefficient (Wildman–Crippen LogP) is 4.27. The Kier molecular flexibility index (Phi) is 5.73. The zero-order valence-corrected chi connectivity index (χ0v) is 15.9. The van der Waals surface area contributed by atoms with Crippen LogP contribution >= 0.6 is 0 Å². The van der Waals surface area contributed by atoms with Crippen molar-refractivity contribution in [2.45, 2.75) is 13.0 Å². The van der Waals surface area contributed by atoms with Crippen LogP contribution in [0, 0.1) is 10.1 Å². The highest BCUT2D eigenvalue weighted by atomic mass is 16.6. The van der Waals surface area contributed by atoms with Gasteiger partial charge < -0.3 is 14.6 Å². The number of non-ortho nitro benzene ring substituents is 1. The SMILES string of the molecule is CC(c1cccc([N+](=O)[O-])c1)N(C)C(=O)c1cccc(NC(=O)c2ccco2)c1. The Labute approximate surface area is 166 Å². The average Bonchev–Trinajstić information content (AvgIpc) is 3.27. The van der Waals surface area contributed by atoms with Crippen LogP contribution in [0.25, 0.3) is 0 Å². The van der Waals surface area contributed by atoms with Crippen molar-refractivity contribution in [2.24, 2.45) is 0 Å². The van der Waals surface area contributed by atoms with Crippen LogP contribution in [0.1, 0.15) is 39.4 Å². The minimum atomic E-state index is -0.469. The summed E-state index contributed by atoms with van der Waals surface area (Å²) >= 11 is 0. The van der Waals surface area contributed by atoms with Crippen LogP contribution in [0.15, 0.2) is 71.3 Å². The van der Waals surface area contributed by atoms with Gasteiger partial charge in [0, 0.05) is 30.4 Å². The summed E-state index contributed by atoms with van der Waals surface area (Å²) in [4.78, 5) is 37.0. The molecule has 0 fully saturated rings. The van der Waals surface area contributed by atoms with E-state index in [-0.39, 0.29) is 23.4 Å². The summed E-state index contributed by atoms with van der Waals surface area (Å²) in [6.07, 6.45) is 1.40. The fourth-order valence-corrected chi connectivity index (χ4v) is 2.83. The van der Waals surface area contributed by atoms with Crippen LogP contribution in [-0.4, -0.2) is 28.7 Å². The molecule has 2 aromatic carbocycles. The van der Waals surface area contributed by atoms with E-state index in [0.29, 0.717) is 16.8 Å². The van der Waals surface area contributed by atoms with Gasteiger partial charge >= 0.3 is 0 Å². The summed E-state index contributed by atoms with van der Waals surface area (Å²) in [6.45, 7) is 1.79. The van der Waals surface area contributed by atoms with Crippen LogP contribution in [-0.2, 0) is 0 Å². The molecule has 0 saturated heterocycles. The van der Waals surface area contributed by atoms with E-state index >= 15 is 0 Å². The summed E-state index contributed by atoms with van der Waals surface area (Å²) in [5.41, 5.74) is 1.45. The Bertz CT molecular complexity index is 1050. The molecule has 2 amide bonds. The first-order valence-electron chi connectivity index (χ1n) is 8.83. The summed E-state index contributed by atoms with van der Waals surface area (Å²) in [7, 11) is 1.62. The second-order valence-corrected chi connectivity index (χ2v) is 6.46. The van der Waals surface area contributed by atoms with Gasteiger partial charge in [0.25, 0.3) is 17.5 Å². The third-order valence-electron chi connectivity index (χ3n) is 4.58. The van der Waals surface area contributed by atoms with Gasteiger partial charge in [-0.25, -0.2) is 0 Å². The molecular formula is C21H19N3O5. The van der Waals surface area contributed by atoms with Gasteiger partial charge in [0.05, 0.1) is 17.2 Å². The number of carbonyl (C=O) groups excluding carboxylic acids is 2. The van der Waals surface area contributed by atoms with Crippen molar-refractivity contribution < 1.29 is 18.9 Å². The Hall–Kier alpha value is -3.94. The Morgan fingerprint density at radius 1 is 1.10 bits per heavy atom. The third-order valence-corrected chi connectivity index (χ3v) is 4.58. The number of benzene rings is 2. The molecule has 0 bridgehead atoms. The number of hydrogen-bond donors (Lipinski definition) is 1. The number of hydrogen-bond acceptors (Lipinski definition) is 5. The van der Waals surface area contributed by atoms with Gasteiger partial charge in [-0.3, -0.25) is 19.7 Å². The van der Waals surface area contributed by atoms with Gasteiger partial charge in [-0.05, 0) is 42.8 Å². The monoisotopic (exact) mass is 393 g/mol. The molecule has 3 rings (SSSR count). The standard InChI is InChI=1S/C21H19N3O5/c1-14(15-6-4-9-18(13-15)24(27)28)23(2)21(26)16-7-3-8-17(12-16)22-20(25)19-10-5-11-29-19/h3-14H,1-2H3,(H,22,25). The van der Waals surface area contributed by atoms with Gasteiger partial charge in [-0.15, -0.1) is 0 Å². The van der Waals surface area contributed by atoms with Gasteiger partial charge in [-0.1, -0.05) is 18.2 Å². The van der Waals surface area contributed by atoms with E-state index in [4.69, 9.17) is 4.42 Å². The Balaban J connectivity index is 1.76. The zero-order chi connectivity index (χ0) is 21.0. The predicted molar refractivity (Wildman–Crippen MR) is 107 cm³/mol. The minimum Gasteiger partial charge on any atom is -0.459 e. The molecule has 1 aromatic heterocycles. The summed E-state index contributed by atoms with van der Waals surface area (Å²) in [5, 5.41) is 13.7. The second kappa shape index (κ2) is 8.39. The van der Waals surface area contributed by atoms with Crippen molar-refractivity contribution in [2.75, 3.05) is 12.4 Å². The lowest BCUT2D eigenvalue weighted by atomic mass is 10.1. The van der Waals surface area contributed by atoms with E-state index in [2.05, 4.69) is 5.32 Å². The maximum Gasteiger partial charge on any atom is 0.291 e. The molecule has 1 heterocycles. The molecule has 8 nitrogen and oxygen atoms in total. The molecular weight excluding hydrogens is 374 g/mol. The number of nitrogens with one attached hydrogen (secondary N) is 1. The Morgan fingerprint density at radius 2 is 1.86 bits per heavy atom. The number of anilines is 1. The van der Waals surface area contributed by atoms with Crippen molar-refractivity contribution in [1.82, 2.24) is 4.90 Å². The van der Waals surface area contributed by atoms with E-state index in [1.807, 2.05) is 0 Å². The highest BCUT2D eigenvalue weighted by Crippen LogP contribution is 2.25. The zero-order valence-electron chi connectivity index (χ0n) is 15.9. The molecule has 8 heteroatoms. The number of carbonyl (C=O) groups is 2. The minimum absolute atomic E-state index is 0.0298. The molecule has 0 aliphatic heterocycles. The van der Waals surface area contributed by atoms with Crippen LogP contribution in [0.4, 0.5) is 11.4 Å². The average molecular weight is 393 g/mol. The van der Waals surface area contributed by atoms with Crippen LogP contribution < -0.4 is 5.32 Å². The number of nitrogens with zero attached hydrogens (tertiary/aromatic N) is 2. The molecule has 148 valence electrons. The van der Waals surface area contributed by atoms with E-state index in [0.717, 1.165) is 0 Å². The van der Waals surface area contributed by atoms with Crippen LogP contribution in [0.2, 0.25) is 0 Å². The van der Waals surface area contributed by atoms with Gasteiger partial charge in [0.15, 0.2) is 5.76 Å². The molecule has 1 N–H and O–H groups in total. The fourth-order valence-electron chi connectivity index (χ4n) is 2.83. The van der Waals surface area contributed by atoms with E-state index in [1.54, 1.807) is 62.5 Å². The van der Waals surface area contributed by atoms with Gasteiger partial charge in [0.2, 0.25) is 0 Å². The van der Waals surface area contributed by atoms with Crippen molar-refractivity contribution in [1.29, 1.82) is 0 Å². The van der Waals surface area contributed by atoms with Crippen molar-refractivity contribution in [3.05, 3.63) is 93.9 Å². The summed E-state index contributed by atoms with van der Waals surface area (Å²) < 4.78 is 5.06. The maximum atomic E-state index is 12.9. The lowest BCUT2D eigenvalue weighted by Gasteiger charge is -2.25. The highest BCUT2D eigenvalue weighted by Gasteiger charge is 2.21. The third kappa shape index (κ3) is 4.49. The number of nitro benzene ring substituents is 1. The van der Waals surface area contributed by atoms with E-state index in [9.17, 15) is 19.7 Å². The van der Waals surface area contributed by atoms with E-state index in [1.165, 1.54) is 23.3 Å². The largest absolute Gasteiger partial charge is 0.459 e. The lowest BCUT2D eigenvalue weighted by Crippen LogP contribution is -2.29. The van der Waals surface area contributed by atoms with Gasteiger partial charge in [-0.2, -0.15) is 0 Å². The number of nitro groups is 1. The maximum absolute atomic E-state index is 12.9. The van der Waals surface area contributed by atoms with Crippen LogP contribution in [0.5, 0.6) is 0 Å². The fraction of sp³-hybridized carbons (Fsp3) is 0.143. The lowest BCUT2D eigenvalue weighted by molar-refractivity contribution is -0.384. The molecule has 0 aliphatic carbocycles. The molecule has 3 aromatic rings. The molecule has 0 saturated carbocycles. The van der Waals surface area contributed by atoms with Crippen molar-refractivity contribution >= 4 is 23.2 Å². The normalized spacial score (nSPS) is 11.5. The van der Waals surface area contributed by atoms with Crippen molar-refractivity contribution in [3.8, 4) is 0 Å². The first kappa shape index (κ1) is 19.8. The molecule has 0 spiro atoms. The summed E-state index contributed by atoms with van der Waals surface area (Å²) in [6, 6.07) is 15.5. The van der Waals surface area contributed by atoms with Crippen LogP contribution in [0.3, 0.4) is 0 Å². The number of furan rings is 1.